The maximum atomic E-state index is 12.2. The molecule has 1 saturated heterocycles. The normalized spacial score (nSPS) is 18.6. The first-order valence-corrected chi connectivity index (χ1v) is 7.69. The molecule has 7 heteroatoms. The summed E-state index contributed by atoms with van der Waals surface area (Å²) in [6, 6.07) is 1.33. The Morgan fingerprint density at radius 2 is 2.33 bits per heavy atom. The first kappa shape index (κ1) is 16.0. The van der Waals surface area contributed by atoms with Crippen LogP contribution >= 0.6 is 11.6 Å². The number of anilines is 1. The van der Waals surface area contributed by atoms with Crippen LogP contribution in [0.2, 0.25) is 5.15 Å². The highest BCUT2D eigenvalue weighted by molar-refractivity contribution is 6.29. The van der Waals surface area contributed by atoms with Crippen LogP contribution in [0.3, 0.4) is 0 Å². The molecule has 0 aliphatic carbocycles. The lowest BCUT2D eigenvalue weighted by atomic mass is 10.2. The van der Waals surface area contributed by atoms with Crippen molar-refractivity contribution in [1.29, 1.82) is 0 Å². The topological polar surface area (TPSA) is 67.4 Å². The van der Waals surface area contributed by atoms with Gasteiger partial charge in [-0.3, -0.25) is 4.79 Å². The summed E-state index contributed by atoms with van der Waals surface area (Å²) in [4.78, 5) is 22.9. The van der Waals surface area contributed by atoms with Crippen molar-refractivity contribution in [2.75, 3.05) is 31.2 Å². The van der Waals surface area contributed by atoms with E-state index in [1.54, 1.807) is 6.07 Å². The molecule has 2 rings (SSSR count). The molecule has 116 valence electrons. The van der Waals surface area contributed by atoms with E-state index in [4.69, 9.17) is 16.3 Å². The van der Waals surface area contributed by atoms with Crippen LogP contribution in [0.4, 0.5) is 5.82 Å². The molecule has 2 heterocycles. The van der Waals surface area contributed by atoms with Crippen LogP contribution < -0.4 is 10.2 Å². The largest absolute Gasteiger partial charge is 0.377 e. The van der Waals surface area contributed by atoms with Gasteiger partial charge in [-0.05, 0) is 13.3 Å². The SMILES string of the molecule is CCCc1nc(Cl)cc(N2CCOCC2C(=O)NCC)n1. The Kier molecular flexibility index (Phi) is 5.76. The van der Waals surface area contributed by atoms with Crippen LogP contribution in [0.1, 0.15) is 26.1 Å². The Balaban J connectivity index is 2.26. The van der Waals surface area contributed by atoms with E-state index in [9.17, 15) is 4.79 Å². The lowest BCUT2D eigenvalue weighted by Gasteiger charge is -2.35. The molecule has 0 saturated carbocycles. The van der Waals surface area contributed by atoms with Crippen LogP contribution in [0.15, 0.2) is 6.07 Å². The molecule has 1 N–H and O–H groups in total. The number of aryl methyl sites for hydroxylation is 1. The summed E-state index contributed by atoms with van der Waals surface area (Å²) in [6.45, 7) is 6.09. The number of likely N-dealkylation sites (N-methyl/N-ethyl adjacent to an activating group) is 1. The minimum atomic E-state index is -0.376. The Morgan fingerprint density at radius 1 is 1.52 bits per heavy atom. The van der Waals surface area contributed by atoms with Gasteiger partial charge in [0.1, 0.15) is 22.8 Å². The van der Waals surface area contributed by atoms with Crippen LogP contribution in [-0.2, 0) is 16.0 Å². The zero-order valence-electron chi connectivity index (χ0n) is 12.4. The van der Waals surface area contributed by atoms with Gasteiger partial charge in [0, 0.05) is 25.6 Å². The molecule has 1 aliphatic heterocycles. The molecule has 1 amide bonds. The highest BCUT2D eigenvalue weighted by Gasteiger charge is 2.30. The third kappa shape index (κ3) is 4.04. The summed E-state index contributed by atoms with van der Waals surface area (Å²) >= 11 is 6.08. The molecule has 1 aromatic heterocycles. The number of aromatic nitrogens is 2. The zero-order chi connectivity index (χ0) is 15.2. The van der Waals surface area contributed by atoms with Gasteiger partial charge >= 0.3 is 0 Å². The lowest BCUT2D eigenvalue weighted by molar-refractivity contribution is -0.124. The minimum absolute atomic E-state index is 0.0519. The average Bonchev–Trinajstić information content (AvgIpc) is 2.47. The molecule has 0 radical (unpaired) electrons. The molecule has 0 bridgehead atoms. The van der Waals surface area contributed by atoms with Crippen LogP contribution in [0, 0.1) is 0 Å². The van der Waals surface area contributed by atoms with E-state index in [1.165, 1.54) is 0 Å². The number of ether oxygens (including phenoxy) is 1. The van der Waals surface area contributed by atoms with E-state index in [2.05, 4.69) is 22.2 Å². The van der Waals surface area contributed by atoms with Gasteiger partial charge < -0.3 is 15.0 Å². The quantitative estimate of drug-likeness (QED) is 0.833. The molecule has 6 nitrogen and oxygen atoms in total. The van der Waals surface area contributed by atoms with E-state index in [-0.39, 0.29) is 11.9 Å². The van der Waals surface area contributed by atoms with Crippen LogP contribution in [0.5, 0.6) is 0 Å². The number of nitrogens with one attached hydrogen (secondary N) is 1. The molecular formula is C14H21ClN4O2. The van der Waals surface area contributed by atoms with Crippen molar-refractivity contribution in [3.05, 3.63) is 17.0 Å². The number of morpholine rings is 1. The van der Waals surface area contributed by atoms with Gasteiger partial charge in [-0.1, -0.05) is 18.5 Å². The van der Waals surface area contributed by atoms with Gasteiger partial charge in [0.15, 0.2) is 0 Å². The second-order valence-corrected chi connectivity index (χ2v) is 5.28. The van der Waals surface area contributed by atoms with Gasteiger partial charge in [0.2, 0.25) is 5.91 Å². The molecule has 0 aromatic carbocycles. The monoisotopic (exact) mass is 312 g/mol. The van der Waals surface area contributed by atoms with Crippen LogP contribution in [0.25, 0.3) is 0 Å². The van der Waals surface area contributed by atoms with Gasteiger partial charge in [-0.25, -0.2) is 9.97 Å². The van der Waals surface area contributed by atoms with Crippen molar-refractivity contribution in [3.8, 4) is 0 Å². The van der Waals surface area contributed by atoms with Crippen molar-refractivity contribution in [2.45, 2.75) is 32.7 Å². The Bertz CT molecular complexity index is 498. The number of halogens is 1. The first-order valence-electron chi connectivity index (χ1n) is 7.31. The smallest absolute Gasteiger partial charge is 0.245 e. The molecule has 0 spiro atoms. The fourth-order valence-corrected chi connectivity index (χ4v) is 2.52. The number of rotatable bonds is 5. The molecule has 1 unspecified atom stereocenters. The van der Waals surface area contributed by atoms with Crippen LogP contribution in [-0.4, -0.2) is 48.2 Å². The second kappa shape index (κ2) is 7.56. The summed E-state index contributed by atoms with van der Waals surface area (Å²) in [5, 5.41) is 3.24. The molecule has 1 aliphatic rings. The molecular weight excluding hydrogens is 292 g/mol. The summed E-state index contributed by atoms with van der Waals surface area (Å²) in [7, 11) is 0. The number of amides is 1. The molecule has 1 atom stereocenters. The number of carbonyl (C=O) groups excluding carboxylic acids is 1. The van der Waals surface area contributed by atoms with E-state index in [0.29, 0.717) is 43.1 Å². The highest BCUT2D eigenvalue weighted by Crippen LogP contribution is 2.21. The number of hydrogen-bond donors (Lipinski definition) is 1. The van der Waals surface area contributed by atoms with Crippen molar-refractivity contribution in [3.63, 3.8) is 0 Å². The number of nitrogens with zero attached hydrogens (tertiary/aromatic N) is 3. The fraction of sp³-hybridized carbons (Fsp3) is 0.643. The van der Waals surface area contributed by atoms with Crippen molar-refractivity contribution >= 4 is 23.3 Å². The van der Waals surface area contributed by atoms with Gasteiger partial charge in [-0.2, -0.15) is 0 Å². The maximum Gasteiger partial charge on any atom is 0.245 e. The highest BCUT2D eigenvalue weighted by atomic mass is 35.5. The Hall–Kier alpha value is -1.40. The third-order valence-electron chi connectivity index (χ3n) is 3.28. The molecule has 1 fully saturated rings. The second-order valence-electron chi connectivity index (χ2n) is 4.89. The summed E-state index contributed by atoms with van der Waals surface area (Å²) in [5.74, 6) is 1.35. The first-order chi connectivity index (χ1) is 10.2. The van der Waals surface area contributed by atoms with E-state index in [1.807, 2.05) is 11.8 Å². The molecule has 1 aromatic rings. The zero-order valence-corrected chi connectivity index (χ0v) is 13.2. The Morgan fingerprint density at radius 3 is 3.05 bits per heavy atom. The predicted molar refractivity (Wildman–Crippen MR) is 81.7 cm³/mol. The Labute approximate surface area is 129 Å². The van der Waals surface area contributed by atoms with Crippen molar-refractivity contribution in [2.24, 2.45) is 0 Å². The lowest BCUT2D eigenvalue weighted by Crippen LogP contribution is -2.54. The van der Waals surface area contributed by atoms with E-state index in [0.717, 1.165) is 12.8 Å². The molecule has 21 heavy (non-hydrogen) atoms. The average molecular weight is 313 g/mol. The summed E-state index contributed by atoms with van der Waals surface area (Å²) in [6.07, 6.45) is 1.71. The summed E-state index contributed by atoms with van der Waals surface area (Å²) in [5.41, 5.74) is 0. The minimum Gasteiger partial charge on any atom is -0.377 e. The predicted octanol–water partition coefficient (Wildman–Crippen LogP) is 1.42. The number of carbonyl (C=O) groups is 1. The van der Waals surface area contributed by atoms with Crippen molar-refractivity contribution < 1.29 is 9.53 Å². The standard InChI is InChI=1S/C14H21ClN4O2/c1-3-5-12-17-11(15)8-13(18-12)19-6-7-21-9-10(19)14(20)16-4-2/h8,10H,3-7,9H2,1-2H3,(H,16,20). The maximum absolute atomic E-state index is 12.2. The summed E-state index contributed by atoms with van der Waals surface area (Å²) < 4.78 is 5.43. The van der Waals surface area contributed by atoms with Gasteiger partial charge in [0.25, 0.3) is 0 Å². The van der Waals surface area contributed by atoms with Gasteiger partial charge in [-0.15, -0.1) is 0 Å². The van der Waals surface area contributed by atoms with E-state index < -0.39 is 0 Å². The van der Waals surface area contributed by atoms with Gasteiger partial charge in [0.05, 0.1) is 13.2 Å². The third-order valence-corrected chi connectivity index (χ3v) is 3.47. The number of hydrogen-bond acceptors (Lipinski definition) is 5. The van der Waals surface area contributed by atoms with E-state index >= 15 is 0 Å². The fourth-order valence-electron chi connectivity index (χ4n) is 2.32. The van der Waals surface area contributed by atoms with Crippen molar-refractivity contribution in [1.82, 2.24) is 15.3 Å².